The second-order valence-corrected chi connectivity index (χ2v) is 10.3. The Labute approximate surface area is 235 Å². The number of carbonyl (C=O) groups excluding carboxylic acids is 2. The molecule has 1 unspecified atom stereocenters. The molecule has 6 nitrogen and oxygen atoms in total. The maximum Gasteiger partial charge on any atom is 0.356 e. The predicted molar refractivity (Wildman–Crippen MR) is 157 cm³/mol. The van der Waals surface area contributed by atoms with E-state index in [1.807, 2.05) is 24.3 Å². The van der Waals surface area contributed by atoms with Gasteiger partial charge in [0.25, 0.3) is 0 Å². The molecule has 0 aliphatic rings. The molecule has 0 aliphatic carbocycles. The Bertz CT molecular complexity index is 956. The van der Waals surface area contributed by atoms with Crippen molar-refractivity contribution >= 4 is 11.9 Å². The lowest BCUT2D eigenvalue weighted by molar-refractivity contribution is 0.0586. The zero-order chi connectivity index (χ0) is 28.3. The van der Waals surface area contributed by atoms with Crippen LogP contribution in [0.25, 0.3) is 11.1 Å². The van der Waals surface area contributed by atoms with E-state index in [4.69, 9.17) is 14.2 Å². The van der Waals surface area contributed by atoms with Gasteiger partial charge in [-0.15, -0.1) is 0 Å². The summed E-state index contributed by atoms with van der Waals surface area (Å²) in [5, 5.41) is 0. The molecule has 1 aromatic carbocycles. The Morgan fingerprint density at radius 3 is 1.72 bits per heavy atom. The summed E-state index contributed by atoms with van der Waals surface area (Å²) in [6.07, 6.45) is 19.1. The van der Waals surface area contributed by atoms with Gasteiger partial charge in [0.1, 0.15) is 17.1 Å². The van der Waals surface area contributed by atoms with Gasteiger partial charge in [-0.2, -0.15) is 0 Å². The van der Waals surface area contributed by atoms with Crippen LogP contribution in [0.1, 0.15) is 131 Å². The van der Waals surface area contributed by atoms with E-state index >= 15 is 0 Å². The molecule has 0 spiro atoms. The van der Waals surface area contributed by atoms with Crippen molar-refractivity contribution in [2.45, 2.75) is 116 Å². The monoisotopic (exact) mass is 539 g/mol. The summed E-state index contributed by atoms with van der Waals surface area (Å²) in [7, 11) is 2.58. The molecule has 0 fully saturated rings. The molecule has 0 N–H and O–H groups in total. The van der Waals surface area contributed by atoms with E-state index in [0.717, 1.165) is 37.0 Å². The molecule has 216 valence electrons. The number of unbranched alkanes of at least 4 members (excludes halogenated alkanes) is 11. The third-order valence-electron chi connectivity index (χ3n) is 7.10. The average molecular weight is 540 g/mol. The number of aromatic nitrogens is 1. The van der Waals surface area contributed by atoms with Crippen LogP contribution in [0.2, 0.25) is 0 Å². The largest absolute Gasteiger partial charge is 0.490 e. The summed E-state index contributed by atoms with van der Waals surface area (Å²) in [4.78, 5) is 28.6. The lowest BCUT2D eigenvalue weighted by Crippen LogP contribution is -2.17. The molecule has 0 bridgehead atoms. The standard InChI is InChI=1S/C33H49NO5/c1-5-7-8-9-10-11-12-13-14-15-16-17-21-27(20-6-2)39-31-23-19-18-22-28(31)26-24-29(32(35)37-3)34-30(25-26)33(36)38-4/h18-19,22-25,27H,5-17,20-21H2,1-4H3. The average Bonchev–Trinajstić information content (AvgIpc) is 2.96. The van der Waals surface area contributed by atoms with Gasteiger partial charge in [0.2, 0.25) is 0 Å². The maximum absolute atomic E-state index is 12.2. The number of esters is 2. The lowest BCUT2D eigenvalue weighted by atomic mass is 10.0. The van der Waals surface area contributed by atoms with Crippen LogP contribution in [0.5, 0.6) is 5.75 Å². The van der Waals surface area contributed by atoms with Gasteiger partial charge in [0.05, 0.1) is 20.3 Å². The Morgan fingerprint density at radius 2 is 1.21 bits per heavy atom. The van der Waals surface area contributed by atoms with E-state index in [0.29, 0.717) is 5.56 Å². The number of nitrogens with zero attached hydrogens (tertiary/aromatic N) is 1. The third-order valence-corrected chi connectivity index (χ3v) is 7.10. The van der Waals surface area contributed by atoms with Crippen LogP contribution in [-0.4, -0.2) is 37.2 Å². The number of ether oxygens (including phenoxy) is 3. The van der Waals surface area contributed by atoms with Crippen molar-refractivity contribution in [2.24, 2.45) is 0 Å². The highest BCUT2D eigenvalue weighted by Gasteiger charge is 2.19. The summed E-state index contributed by atoms with van der Waals surface area (Å²) >= 11 is 0. The highest BCUT2D eigenvalue weighted by molar-refractivity contribution is 5.94. The van der Waals surface area contributed by atoms with Gasteiger partial charge in [0.15, 0.2) is 0 Å². The summed E-state index contributed by atoms with van der Waals surface area (Å²) in [6.45, 7) is 4.45. The van der Waals surface area contributed by atoms with Gasteiger partial charge >= 0.3 is 11.9 Å². The van der Waals surface area contributed by atoms with Gasteiger partial charge in [0, 0.05) is 5.56 Å². The van der Waals surface area contributed by atoms with E-state index in [1.54, 1.807) is 12.1 Å². The topological polar surface area (TPSA) is 74.7 Å². The highest BCUT2D eigenvalue weighted by atomic mass is 16.5. The van der Waals surface area contributed by atoms with E-state index < -0.39 is 11.9 Å². The van der Waals surface area contributed by atoms with Crippen LogP contribution in [-0.2, 0) is 9.47 Å². The molecule has 0 radical (unpaired) electrons. The molecule has 39 heavy (non-hydrogen) atoms. The normalized spacial score (nSPS) is 11.7. The first-order valence-corrected chi connectivity index (χ1v) is 15.0. The van der Waals surface area contributed by atoms with Crippen molar-refractivity contribution in [2.75, 3.05) is 14.2 Å². The van der Waals surface area contributed by atoms with Gasteiger partial charge in [-0.3, -0.25) is 0 Å². The molecule has 0 amide bonds. The fourth-order valence-electron chi connectivity index (χ4n) is 4.89. The number of benzene rings is 1. The molecular weight excluding hydrogens is 490 g/mol. The number of methoxy groups -OCH3 is 2. The number of rotatable bonds is 20. The first-order chi connectivity index (χ1) is 19.0. The summed E-state index contributed by atoms with van der Waals surface area (Å²) in [6, 6.07) is 11.0. The highest BCUT2D eigenvalue weighted by Crippen LogP contribution is 2.33. The summed E-state index contributed by atoms with van der Waals surface area (Å²) in [5.74, 6) is -0.500. The molecular formula is C33H49NO5. The molecule has 1 atom stereocenters. The molecule has 1 heterocycles. The second kappa shape index (κ2) is 19.2. The van der Waals surface area contributed by atoms with Gasteiger partial charge in [-0.05, 0) is 43.0 Å². The van der Waals surface area contributed by atoms with E-state index in [-0.39, 0.29) is 17.5 Å². The van der Waals surface area contributed by atoms with Crippen LogP contribution in [0.3, 0.4) is 0 Å². The first-order valence-electron chi connectivity index (χ1n) is 15.0. The van der Waals surface area contributed by atoms with Crippen molar-refractivity contribution < 1.29 is 23.8 Å². The quantitative estimate of drug-likeness (QED) is 0.123. The number of hydrogen-bond acceptors (Lipinski definition) is 6. The van der Waals surface area contributed by atoms with Crippen molar-refractivity contribution in [3.05, 3.63) is 47.8 Å². The minimum Gasteiger partial charge on any atom is -0.490 e. The zero-order valence-electron chi connectivity index (χ0n) is 24.6. The van der Waals surface area contributed by atoms with Crippen LogP contribution in [0.15, 0.2) is 36.4 Å². The molecule has 0 aliphatic heterocycles. The SMILES string of the molecule is CCCCCCCCCCCCCCC(CCC)Oc1ccccc1-c1cc(C(=O)OC)nc(C(=O)OC)c1. The van der Waals surface area contributed by atoms with E-state index in [2.05, 4.69) is 18.8 Å². The first kappa shape index (κ1) is 32.3. The Kier molecular flexibility index (Phi) is 15.9. The molecule has 1 aromatic heterocycles. The zero-order valence-corrected chi connectivity index (χ0v) is 24.6. The predicted octanol–water partition coefficient (Wildman–Crippen LogP) is 8.96. The Morgan fingerprint density at radius 1 is 0.692 bits per heavy atom. The second-order valence-electron chi connectivity index (χ2n) is 10.3. The van der Waals surface area contributed by atoms with Crippen LogP contribution < -0.4 is 4.74 Å². The number of hydrogen-bond donors (Lipinski definition) is 0. The maximum atomic E-state index is 12.2. The lowest BCUT2D eigenvalue weighted by Gasteiger charge is -2.21. The molecule has 0 saturated heterocycles. The third kappa shape index (κ3) is 11.8. The van der Waals surface area contributed by atoms with E-state index in [9.17, 15) is 9.59 Å². The van der Waals surface area contributed by atoms with Crippen LogP contribution in [0, 0.1) is 0 Å². The minimum atomic E-state index is -0.615. The minimum absolute atomic E-state index is 0.0480. The van der Waals surface area contributed by atoms with Crippen LogP contribution >= 0.6 is 0 Å². The Balaban J connectivity index is 1.95. The van der Waals surface area contributed by atoms with E-state index in [1.165, 1.54) is 84.8 Å². The smallest absolute Gasteiger partial charge is 0.356 e. The van der Waals surface area contributed by atoms with Crippen molar-refractivity contribution in [3.8, 4) is 16.9 Å². The fourth-order valence-corrected chi connectivity index (χ4v) is 4.89. The summed E-state index contributed by atoms with van der Waals surface area (Å²) in [5.41, 5.74) is 1.55. The van der Waals surface area contributed by atoms with Crippen molar-refractivity contribution in [1.29, 1.82) is 0 Å². The Hall–Kier alpha value is -2.89. The molecule has 2 rings (SSSR count). The number of carbonyl (C=O) groups is 2. The van der Waals surface area contributed by atoms with Crippen LogP contribution in [0.4, 0.5) is 0 Å². The molecule has 2 aromatic rings. The molecule has 6 heteroatoms. The number of para-hydroxylation sites is 1. The fraction of sp³-hybridized carbons (Fsp3) is 0.606. The van der Waals surface area contributed by atoms with Gasteiger partial charge < -0.3 is 14.2 Å². The van der Waals surface area contributed by atoms with Gasteiger partial charge in [-0.1, -0.05) is 109 Å². The van der Waals surface area contributed by atoms with Crippen molar-refractivity contribution in [3.63, 3.8) is 0 Å². The number of pyridine rings is 1. The van der Waals surface area contributed by atoms with Gasteiger partial charge in [-0.25, -0.2) is 14.6 Å². The molecule has 0 saturated carbocycles. The van der Waals surface area contributed by atoms with Crippen molar-refractivity contribution in [1.82, 2.24) is 4.98 Å². The summed E-state index contributed by atoms with van der Waals surface area (Å²) < 4.78 is 16.2.